The smallest absolute Gasteiger partial charge is 0.315 e. The molecule has 3 aromatic rings. The molecule has 0 bridgehead atoms. The van der Waals surface area contributed by atoms with Crippen LogP contribution in [0.3, 0.4) is 0 Å². The number of halogens is 1. The summed E-state index contributed by atoms with van der Waals surface area (Å²) < 4.78 is 1.56. The van der Waals surface area contributed by atoms with Gasteiger partial charge in [0.2, 0.25) is 0 Å². The second-order valence-corrected chi connectivity index (χ2v) is 10.1. The maximum atomic E-state index is 13.1. The number of nitrogens with one attached hydrogen (secondary N) is 5. The number of imidazole rings is 1. The Morgan fingerprint density at radius 3 is 2.50 bits per heavy atom. The molecule has 3 aromatic heterocycles. The summed E-state index contributed by atoms with van der Waals surface area (Å²) in [5.74, 6) is 2.78. The van der Waals surface area contributed by atoms with Crippen LogP contribution in [-0.4, -0.2) is 55.7 Å². The van der Waals surface area contributed by atoms with Crippen LogP contribution < -0.4 is 26.6 Å². The van der Waals surface area contributed by atoms with Gasteiger partial charge in [-0.15, -0.1) is 11.5 Å². The van der Waals surface area contributed by atoms with Gasteiger partial charge in [-0.2, -0.15) is 0 Å². The number of anilines is 3. The lowest BCUT2D eigenvalue weighted by atomic mass is 9.91. The first-order chi connectivity index (χ1) is 18.4. The number of carbonyl (C=O) groups excluding carboxylic acids is 2. The predicted octanol–water partition coefficient (Wildman–Crippen LogP) is 3.65. The Hall–Kier alpha value is -4.04. The molecule has 198 valence electrons. The molecule has 12 heteroatoms. The molecule has 38 heavy (non-hydrogen) atoms. The molecular formula is C26H30ClN9O2. The molecule has 2 aliphatic carbocycles. The monoisotopic (exact) mass is 535 g/mol. The summed E-state index contributed by atoms with van der Waals surface area (Å²) >= 11 is 5.96. The third-order valence-electron chi connectivity index (χ3n) is 6.63. The highest BCUT2D eigenvalue weighted by Crippen LogP contribution is 2.30. The normalized spacial score (nSPS) is 19.7. The minimum Gasteiger partial charge on any atom is -0.379 e. The van der Waals surface area contributed by atoms with E-state index in [1.165, 1.54) is 12.4 Å². The zero-order valence-electron chi connectivity index (χ0n) is 21.0. The summed E-state index contributed by atoms with van der Waals surface area (Å²) in [6.07, 6.45) is 14.0. The molecule has 3 heterocycles. The van der Waals surface area contributed by atoms with Crippen molar-refractivity contribution in [3.05, 3.63) is 41.4 Å². The average Bonchev–Trinajstić information content (AvgIpc) is 3.60. The molecule has 11 nitrogen and oxygen atoms in total. The SMILES string of the molecule is C#CC(C)NC(=O)NC1CCC(Nc2cc(NC3CC3)c3ncc(C(=O)Nc4ccnc(Cl)c4)n3n2)CC1. The summed E-state index contributed by atoms with van der Waals surface area (Å²) in [6.45, 7) is 1.76. The fraction of sp³-hybridized carbons (Fsp3) is 0.423. The zero-order valence-corrected chi connectivity index (χ0v) is 21.8. The van der Waals surface area contributed by atoms with E-state index < -0.39 is 0 Å². The van der Waals surface area contributed by atoms with Crippen LogP contribution in [0.5, 0.6) is 0 Å². The van der Waals surface area contributed by atoms with Crippen LogP contribution in [0.2, 0.25) is 5.15 Å². The molecule has 0 aromatic carbocycles. The number of hydrogen-bond donors (Lipinski definition) is 5. The Kier molecular flexibility index (Phi) is 7.51. The summed E-state index contributed by atoms with van der Waals surface area (Å²) in [6, 6.07) is 5.30. The molecule has 2 saturated carbocycles. The van der Waals surface area contributed by atoms with E-state index in [0.717, 1.165) is 44.2 Å². The summed E-state index contributed by atoms with van der Waals surface area (Å²) in [5.41, 5.74) is 2.24. The van der Waals surface area contributed by atoms with Crippen molar-refractivity contribution < 1.29 is 9.59 Å². The number of nitrogens with zero attached hydrogens (tertiary/aromatic N) is 4. The molecule has 0 aliphatic heterocycles. The van der Waals surface area contributed by atoms with E-state index in [2.05, 4.69) is 42.5 Å². The Labute approximate surface area is 225 Å². The van der Waals surface area contributed by atoms with Gasteiger partial charge in [0, 0.05) is 36.1 Å². The van der Waals surface area contributed by atoms with Gasteiger partial charge < -0.3 is 26.6 Å². The zero-order chi connectivity index (χ0) is 26.6. The van der Waals surface area contributed by atoms with Gasteiger partial charge in [0.15, 0.2) is 11.3 Å². The summed E-state index contributed by atoms with van der Waals surface area (Å²) in [5, 5.41) is 20.6. The van der Waals surface area contributed by atoms with Crippen molar-refractivity contribution in [3.8, 4) is 12.3 Å². The average molecular weight is 536 g/mol. The van der Waals surface area contributed by atoms with Crippen molar-refractivity contribution >= 4 is 46.4 Å². The van der Waals surface area contributed by atoms with E-state index in [-0.39, 0.29) is 35.2 Å². The number of fused-ring (bicyclic) bond motifs is 1. The molecule has 5 rings (SSSR count). The minimum absolute atomic E-state index is 0.0891. The van der Waals surface area contributed by atoms with Crippen molar-refractivity contribution in [3.63, 3.8) is 0 Å². The van der Waals surface area contributed by atoms with E-state index in [4.69, 9.17) is 23.1 Å². The number of terminal acetylenes is 1. The van der Waals surface area contributed by atoms with Crippen LogP contribution in [0, 0.1) is 12.3 Å². The fourth-order valence-electron chi connectivity index (χ4n) is 4.48. The highest BCUT2D eigenvalue weighted by atomic mass is 35.5. The maximum Gasteiger partial charge on any atom is 0.315 e. The van der Waals surface area contributed by atoms with Crippen molar-refractivity contribution in [2.45, 2.75) is 69.6 Å². The highest BCUT2D eigenvalue weighted by molar-refractivity contribution is 6.29. The van der Waals surface area contributed by atoms with Crippen molar-refractivity contribution in [2.24, 2.45) is 0 Å². The minimum atomic E-state index is -0.356. The van der Waals surface area contributed by atoms with E-state index in [1.807, 2.05) is 6.07 Å². The number of carbonyl (C=O) groups is 2. The Morgan fingerprint density at radius 2 is 1.79 bits per heavy atom. The molecule has 0 saturated heterocycles. The second-order valence-electron chi connectivity index (χ2n) is 9.76. The van der Waals surface area contributed by atoms with Crippen LogP contribution in [0.15, 0.2) is 30.6 Å². The lowest BCUT2D eigenvalue weighted by Crippen LogP contribution is -2.47. The molecule has 0 spiro atoms. The lowest BCUT2D eigenvalue weighted by molar-refractivity contribution is 0.102. The van der Waals surface area contributed by atoms with E-state index in [1.54, 1.807) is 23.6 Å². The van der Waals surface area contributed by atoms with Crippen molar-refractivity contribution in [1.29, 1.82) is 0 Å². The number of rotatable bonds is 8. The van der Waals surface area contributed by atoms with Gasteiger partial charge >= 0.3 is 6.03 Å². The van der Waals surface area contributed by atoms with Crippen LogP contribution in [0.25, 0.3) is 5.65 Å². The number of hydrogen-bond acceptors (Lipinski definition) is 7. The topological polar surface area (TPSA) is 137 Å². The predicted molar refractivity (Wildman–Crippen MR) is 146 cm³/mol. The summed E-state index contributed by atoms with van der Waals surface area (Å²) in [4.78, 5) is 33.6. The van der Waals surface area contributed by atoms with Gasteiger partial charge in [0.05, 0.1) is 17.9 Å². The van der Waals surface area contributed by atoms with Gasteiger partial charge in [-0.1, -0.05) is 17.5 Å². The van der Waals surface area contributed by atoms with Crippen LogP contribution in [-0.2, 0) is 0 Å². The lowest BCUT2D eigenvalue weighted by Gasteiger charge is -2.30. The molecular weight excluding hydrogens is 506 g/mol. The molecule has 2 fully saturated rings. The maximum absolute atomic E-state index is 13.1. The van der Waals surface area contributed by atoms with Crippen molar-refractivity contribution in [1.82, 2.24) is 30.2 Å². The number of aromatic nitrogens is 4. The molecule has 1 unspecified atom stereocenters. The standard InChI is InChI=1S/C26H30ClN9O2/c1-3-15(2)30-26(38)34-18-8-6-17(7-9-18)32-23-13-20(31-16-4-5-16)24-29-14-21(36(24)35-23)25(37)33-19-10-11-28-22(27)12-19/h1,10-18,31H,4-9H2,2H3,(H,32,35)(H,28,33,37)(H2,30,34,38). The molecule has 3 amide bonds. The van der Waals surface area contributed by atoms with Crippen LogP contribution >= 0.6 is 11.6 Å². The first-order valence-electron chi connectivity index (χ1n) is 12.8. The van der Waals surface area contributed by atoms with E-state index >= 15 is 0 Å². The highest BCUT2D eigenvalue weighted by Gasteiger charge is 2.26. The van der Waals surface area contributed by atoms with Gasteiger partial charge in [-0.3, -0.25) is 4.79 Å². The Balaban J connectivity index is 1.29. The third kappa shape index (κ3) is 6.26. The first kappa shape index (κ1) is 25.6. The molecule has 2 aliphatic rings. The quantitative estimate of drug-likeness (QED) is 0.219. The molecule has 0 radical (unpaired) electrons. The molecule has 1 atom stereocenters. The molecule has 5 N–H and O–H groups in total. The Morgan fingerprint density at radius 1 is 1.08 bits per heavy atom. The number of urea groups is 1. The van der Waals surface area contributed by atoms with Gasteiger partial charge in [-0.25, -0.2) is 19.3 Å². The third-order valence-corrected chi connectivity index (χ3v) is 6.84. The largest absolute Gasteiger partial charge is 0.379 e. The number of amides is 3. The van der Waals surface area contributed by atoms with Gasteiger partial charge in [0.25, 0.3) is 5.91 Å². The fourth-order valence-corrected chi connectivity index (χ4v) is 4.65. The first-order valence-corrected chi connectivity index (χ1v) is 13.1. The van der Waals surface area contributed by atoms with Crippen molar-refractivity contribution in [2.75, 3.05) is 16.0 Å². The number of pyridine rings is 1. The van der Waals surface area contributed by atoms with Gasteiger partial charge in [-0.05, 0) is 57.6 Å². The van der Waals surface area contributed by atoms with E-state index in [9.17, 15) is 9.59 Å². The van der Waals surface area contributed by atoms with Gasteiger partial charge in [0.1, 0.15) is 11.0 Å². The second kappa shape index (κ2) is 11.1. The van der Waals surface area contributed by atoms with E-state index in [0.29, 0.717) is 28.9 Å². The van der Waals surface area contributed by atoms with Crippen LogP contribution in [0.1, 0.15) is 55.9 Å². The summed E-state index contributed by atoms with van der Waals surface area (Å²) in [7, 11) is 0. The van der Waals surface area contributed by atoms with Crippen LogP contribution in [0.4, 0.5) is 22.0 Å². The Bertz CT molecular complexity index is 1370.